The van der Waals surface area contributed by atoms with Gasteiger partial charge in [-0.1, -0.05) is 15.9 Å². The minimum absolute atomic E-state index is 0.649. The third-order valence-corrected chi connectivity index (χ3v) is 4.70. The van der Waals surface area contributed by atoms with Crippen LogP contribution in [0.2, 0.25) is 0 Å². The minimum Gasteiger partial charge on any atom is -0.493 e. The predicted molar refractivity (Wildman–Crippen MR) is 104 cm³/mol. The Labute approximate surface area is 157 Å². The van der Waals surface area contributed by atoms with Crippen LogP contribution in [0.3, 0.4) is 0 Å². The van der Waals surface area contributed by atoms with Crippen LogP contribution in [0.1, 0.15) is 5.56 Å². The lowest BCUT2D eigenvalue weighted by atomic mass is 10.1. The molecule has 5 nitrogen and oxygen atoms in total. The van der Waals surface area contributed by atoms with Crippen LogP contribution in [-0.4, -0.2) is 40.5 Å². The summed E-state index contributed by atoms with van der Waals surface area (Å²) in [6.07, 6.45) is 0. The smallest absolute Gasteiger partial charge is 0.165 e. The van der Waals surface area contributed by atoms with Gasteiger partial charge in [0.05, 0.1) is 27.4 Å². The van der Waals surface area contributed by atoms with E-state index in [1.807, 2.05) is 12.1 Å². The maximum atomic E-state index is 5.50. The molecule has 1 fully saturated rings. The van der Waals surface area contributed by atoms with E-state index in [0.717, 1.165) is 53.5 Å². The molecule has 2 aromatic rings. The van der Waals surface area contributed by atoms with Crippen LogP contribution in [0.5, 0.6) is 11.5 Å². The highest BCUT2D eigenvalue weighted by molar-refractivity contribution is 9.10. The van der Waals surface area contributed by atoms with Gasteiger partial charge in [-0.05, 0) is 36.4 Å². The largest absolute Gasteiger partial charge is 0.493 e. The number of hydrogen-bond acceptors (Lipinski definition) is 5. The quantitative estimate of drug-likeness (QED) is 0.787. The number of methoxy groups -OCH3 is 2. The second-order valence-corrected chi connectivity index (χ2v) is 6.72. The van der Waals surface area contributed by atoms with Crippen molar-refractivity contribution in [2.75, 3.05) is 50.7 Å². The second kappa shape index (κ2) is 8.45. The number of rotatable bonds is 6. The zero-order valence-electron chi connectivity index (χ0n) is 14.5. The number of ether oxygens (including phenoxy) is 3. The molecule has 25 heavy (non-hydrogen) atoms. The van der Waals surface area contributed by atoms with Gasteiger partial charge in [0.15, 0.2) is 11.5 Å². The third kappa shape index (κ3) is 4.38. The van der Waals surface area contributed by atoms with Crippen molar-refractivity contribution in [2.24, 2.45) is 0 Å². The van der Waals surface area contributed by atoms with E-state index in [1.165, 1.54) is 5.69 Å². The molecule has 1 aliphatic rings. The molecule has 0 unspecified atom stereocenters. The van der Waals surface area contributed by atoms with Crippen LogP contribution in [0, 0.1) is 0 Å². The van der Waals surface area contributed by atoms with Gasteiger partial charge in [-0.25, -0.2) is 0 Å². The van der Waals surface area contributed by atoms with Crippen LogP contribution in [-0.2, 0) is 11.3 Å². The summed E-state index contributed by atoms with van der Waals surface area (Å²) in [6, 6.07) is 12.4. The Bertz CT molecular complexity index is 701. The number of nitrogens with zero attached hydrogens (tertiary/aromatic N) is 1. The van der Waals surface area contributed by atoms with E-state index in [0.29, 0.717) is 6.54 Å². The molecule has 134 valence electrons. The number of nitrogens with one attached hydrogen (secondary N) is 1. The van der Waals surface area contributed by atoms with Crippen LogP contribution in [0.15, 0.2) is 40.9 Å². The molecule has 0 atom stereocenters. The number of halogens is 1. The molecule has 1 aliphatic heterocycles. The lowest BCUT2D eigenvalue weighted by Gasteiger charge is -2.29. The van der Waals surface area contributed by atoms with Gasteiger partial charge in [-0.15, -0.1) is 0 Å². The van der Waals surface area contributed by atoms with Crippen molar-refractivity contribution in [3.8, 4) is 11.5 Å². The second-order valence-electron chi connectivity index (χ2n) is 5.80. The molecule has 2 aromatic carbocycles. The average Bonchev–Trinajstić information content (AvgIpc) is 2.67. The number of morpholine rings is 1. The number of hydrogen-bond donors (Lipinski definition) is 1. The van der Waals surface area contributed by atoms with Crippen molar-refractivity contribution in [1.29, 1.82) is 0 Å². The van der Waals surface area contributed by atoms with Gasteiger partial charge >= 0.3 is 0 Å². The van der Waals surface area contributed by atoms with Crippen molar-refractivity contribution in [1.82, 2.24) is 0 Å². The van der Waals surface area contributed by atoms with Crippen LogP contribution >= 0.6 is 15.9 Å². The topological polar surface area (TPSA) is 43.0 Å². The van der Waals surface area contributed by atoms with Gasteiger partial charge in [0.2, 0.25) is 0 Å². The first-order valence-electron chi connectivity index (χ1n) is 8.28. The van der Waals surface area contributed by atoms with Crippen molar-refractivity contribution in [3.63, 3.8) is 0 Å². The van der Waals surface area contributed by atoms with Gasteiger partial charge in [-0.2, -0.15) is 0 Å². The van der Waals surface area contributed by atoms with Crippen molar-refractivity contribution >= 4 is 27.3 Å². The summed E-state index contributed by atoms with van der Waals surface area (Å²) in [5, 5.41) is 3.44. The number of benzene rings is 2. The summed E-state index contributed by atoms with van der Waals surface area (Å²) in [4.78, 5) is 2.34. The van der Waals surface area contributed by atoms with Crippen LogP contribution in [0.4, 0.5) is 11.4 Å². The van der Waals surface area contributed by atoms with Gasteiger partial charge in [0, 0.05) is 41.0 Å². The summed E-state index contributed by atoms with van der Waals surface area (Å²) in [5.41, 5.74) is 3.33. The molecular formula is C19H23BrN2O3. The zero-order valence-corrected chi connectivity index (χ0v) is 16.1. The molecule has 6 heteroatoms. The van der Waals surface area contributed by atoms with E-state index in [4.69, 9.17) is 14.2 Å². The first-order valence-corrected chi connectivity index (χ1v) is 9.07. The molecule has 0 amide bonds. The van der Waals surface area contributed by atoms with E-state index in [1.54, 1.807) is 14.2 Å². The molecule has 0 radical (unpaired) electrons. The Kier molecular flexibility index (Phi) is 6.04. The van der Waals surface area contributed by atoms with Crippen molar-refractivity contribution < 1.29 is 14.2 Å². The van der Waals surface area contributed by atoms with Gasteiger partial charge in [0.25, 0.3) is 0 Å². The van der Waals surface area contributed by atoms with Crippen molar-refractivity contribution in [2.45, 2.75) is 6.54 Å². The summed E-state index contributed by atoms with van der Waals surface area (Å²) >= 11 is 3.52. The SMILES string of the molecule is COc1cc(Br)cc(CNc2ccc(N3CCOCC3)cc2)c1OC. The first kappa shape index (κ1) is 17.9. The Morgan fingerprint density at radius 2 is 1.80 bits per heavy atom. The first-order chi connectivity index (χ1) is 12.2. The summed E-state index contributed by atoms with van der Waals surface area (Å²) in [7, 11) is 3.30. The Morgan fingerprint density at radius 3 is 2.44 bits per heavy atom. The average molecular weight is 407 g/mol. The third-order valence-electron chi connectivity index (χ3n) is 4.25. The molecule has 1 N–H and O–H groups in total. The highest BCUT2D eigenvalue weighted by Gasteiger charge is 2.13. The normalized spacial score (nSPS) is 14.3. The van der Waals surface area contributed by atoms with Gasteiger partial charge in [0.1, 0.15) is 0 Å². The molecule has 1 heterocycles. The van der Waals surface area contributed by atoms with Gasteiger partial charge < -0.3 is 24.4 Å². The number of anilines is 2. The Balaban J connectivity index is 1.68. The van der Waals surface area contributed by atoms with E-state index in [9.17, 15) is 0 Å². The molecule has 3 rings (SSSR count). The van der Waals surface area contributed by atoms with E-state index < -0.39 is 0 Å². The standard InChI is InChI=1S/C19H23BrN2O3/c1-23-18-12-15(20)11-14(19(18)24-2)13-21-16-3-5-17(6-4-16)22-7-9-25-10-8-22/h3-6,11-12,21H,7-10,13H2,1-2H3. The minimum atomic E-state index is 0.649. The highest BCUT2D eigenvalue weighted by Crippen LogP contribution is 2.35. The van der Waals surface area contributed by atoms with Crippen LogP contribution < -0.4 is 19.7 Å². The molecular weight excluding hydrogens is 384 g/mol. The monoisotopic (exact) mass is 406 g/mol. The van der Waals surface area contributed by atoms with E-state index >= 15 is 0 Å². The lowest BCUT2D eigenvalue weighted by molar-refractivity contribution is 0.122. The van der Waals surface area contributed by atoms with Crippen LogP contribution in [0.25, 0.3) is 0 Å². The molecule has 0 aliphatic carbocycles. The summed E-state index contributed by atoms with van der Waals surface area (Å²) in [6.45, 7) is 4.13. The van der Waals surface area contributed by atoms with E-state index in [2.05, 4.69) is 50.4 Å². The fourth-order valence-corrected chi connectivity index (χ4v) is 3.43. The van der Waals surface area contributed by atoms with Crippen molar-refractivity contribution in [3.05, 3.63) is 46.4 Å². The fraction of sp³-hybridized carbons (Fsp3) is 0.368. The summed E-state index contributed by atoms with van der Waals surface area (Å²) < 4.78 is 17.3. The molecule has 0 aromatic heterocycles. The predicted octanol–water partition coefficient (Wildman–Crippen LogP) is 3.92. The zero-order chi connectivity index (χ0) is 17.6. The maximum Gasteiger partial charge on any atom is 0.165 e. The molecule has 1 saturated heterocycles. The fourth-order valence-electron chi connectivity index (χ4n) is 2.95. The highest BCUT2D eigenvalue weighted by atomic mass is 79.9. The Morgan fingerprint density at radius 1 is 1.08 bits per heavy atom. The van der Waals surface area contributed by atoms with Gasteiger partial charge in [-0.3, -0.25) is 0 Å². The maximum absolute atomic E-state index is 5.50. The lowest BCUT2D eigenvalue weighted by Crippen LogP contribution is -2.36. The molecule has 0 saturated carbocycles. The Hall–Kier alpha value is -1.92. The molecule has 0 spiro atoms. The molecule has 0 bridgehead atoms. The summed E-state index contributed by atoms with van der Waals surface area (Å²) in [5.74, 6) is 1.47. The van der Waals surface area contributed by atoms with E-state index in [-0.39, 0.29) is 0 Å².